The zero-order valence-electron chi connectivity index (χ0n) is 13.2. The lowest BCUT2D eigenvalue weighted by molar-refractivity contribution is -0.130. The van der Waals surface area contributed by atoms with Gasteiger partial charge in [-0.15, -0.1) is 0 Å². The van der Waals surface area contributed by atoms with Gasteiger partial charge < -0.3 is 19.7 Å². The molecule has 2 rings (SSSR count). The molecule has 0 aromatic heterocycles. The first-order chi connectivity index (χ1) is 10.6. The van der Waals surface area contributed by atoms with E-state index in [0.29, 0.717) is 24.6 Å². The van der Waals surface area contributed by atoms with Crippen LogP contribution < -0.4 is 10.1 Å². The maximum Gasteiger partial charge on any atom is 0.229 e. The minimum atomic E-state index is -0.350. The van der Waals surface area contributed by atoms with Gasteiger partial charge in [-0.25, -0.2) is 0 Å². The Kier molecular flexibility index (Phi) is 5.38. The van der Waals surface area contributed by atoms with E-state index in [2.05, 4.69) is 5.32 Å². The van der Waals surface area contributed by atoms with Gasteiger partial charge in [-0.2, -0.15) is 0 Å². The Morgan fingerprint density at radius 2 is 2.14 bits per heavy atom. The number of hydrogen-bond acceptors (Lipinski definition) is 4. The summed E-state index contributed by atoms with van der Waals surface area (Å²) < 4.78 is 10.3. The first-order valence-electron chi connectivity index (χ1n) is 7.29. The molecule has 0 bridgehead atoms. The quantitative estimate of drug-likeness (QED) is 0.865. The summed E-state index contributed by atoms with van der Waals surface area (Å²) in [4.78, 5) is 26.1. The molecule has 2 atom stereocenters. The molecule has 1 aromatic carbocycles. The number of nitrogens with zero attached hydrogens (tertiary/aromatic N) is 1. The fourth-order valence-electron chi connectivity index (χ4n) is 2.65. The molecule has 0 aliphatic carbocycles. The molecular formula is C16H22N2O4. The number of para-hydroxylation sites is 2. The van der Waals surface area contributed by atoms with Gasteiger partial charge in [0, 0.05) is 20.1 Å². The van der Waals surface area contributed by atoms with Crippen molar-refractivity contribution < 1.29 is 19.1 Å². The summed E-state index contributed by atoms with van der Waals surface area (Å²) in [6.07, 6.45) is 0.231. The second kappa shape index (κ2) is 7.26. The normalized spacial score (nSPS) is 19.1. The fourth-order valence-corrected chi connectivity index (χ4v) is 2.65. The van der Waals surface area contributed by atoms with Crippen LogP contribution in [0, 0.1) is 5.92 Å². The third kappa shape index (κ3) is 3.57. The number of rotatable bonds is 6. The van der Waals surface area contributed by atoms with Crippen LogP contribution in [0.4, 0.5) is 5.69 Å². The highest BCUT2D eigenvalue weighted by Crippen LogP contribution is 2.26. The van der Waals surface area contributed by atoms with Crippen molar-refractivity contribution in [1.29, 1.82) is 0 Å². The number of carbonyl (C=O) groups excluding carboxylic acids is 2. The summed E-state index contributed by atoms with van der Waals surface area (Å²) in [5.74, 6) is 0.0798. The van der Waals surface area contributed by atoms with Crippen LogP contribution in [0.2, 0.25) is 0 Å². The molecule has 1 aliphatic rings. The highest BCUT2D eigenvalue weighted by molar-refractivity contribution is 5.98. The van der Waals surface area contributed by atoms with Gasteiger partial charge in [0.2, 0.25) is 11.8 Å². The summed E-state index contributed by atoms with van der Waals surface area (Å²) in [5, 5.41) is 2.84. The second-order valence-electron chi connectivity index (χ2n) is 5.44. The molecule has 2 amide bonds. The van der Waals surface area contributed by atoms with Crippen LogP contribution in [0.1, 0.15) is 13.3 Å². The minimum Gasteiger partial charge on any atom is -0.495 e. The first-order valence-corrected chi connectivity index (χ1v) is 7.29. The monoisotopic (exact) mass is 306 g/mol. The molecule has 1 aliphatic heterocycles. The fraction of sp³-hybridized carbons (Fsp3) is 0.500. The van der Waals surface area contributed by atoms with Gasteiger partial charge in [-0.3, -0.25) is 9.59 Å². The molecule has 0 spiro atoms. The lowest BCUT2D eigenvalue weighted by atomic mass is 10.1. The summed E-state index contributed by atoms with van der Waals surface area (Å²) in [7, 11) is 3.15. The second-order valence-corrected chi connectivity index (χ2v) is 5.44. The SMILES string of the molecule is COC[C@@H](C)N1C[C@H](C(=O)Nc2ccccc2OC)CC1=O. The predicted molar refractivity (Wildman–Crippen MR) is 82.8 cm³/mol. The van der Waals surface area contributed by atoms with Gasteiger partial charge in [0.15, 0.2) is 0 Å². The number of hydrogen-bond donors (Lipinski definition) is 1. The molecule has 1 heterocycles. The van der Waals surface area contributed by atoms with E-state index in [1.807, 2.05) is 19.1 Å². The number of carbonyl (C=O) groups is 2. The van der Waals surface area contributed by atoms with E-state index in [9.17, 15) is 9.59 Å². The highest BCUT2D eigenvalue weighted by Gasteiger charge is 2.36. The number of nitrogens with one attached hydrogen (secondary N) is 1. The summed E-state index contributed by atoms with van der Waals surface area (Å²) in [5.41, 5.74) is 0.617. The van der Waals surface area contributed by atoms with Gasteiger partial charge >= 0.3 is 0 Å². The van der Waals surface area contributed by atoms with Gasteiger partial charge in [-0.05, 0) is 19.1 Å². The van der Waals surface area contributed by atoms with Crippen molar-refractivity contribution in [2.24, 2.45) is 5.92 Å². The van der Waals surface area contributed by atoms with Crippen molar-refractivity contribution in [3.05, 3.63) is 24.3 Å². The van der Waals surface area contributed by atoms with Crippen LogP contribution in [0.15, 0.2) is 24.3 Å². The first kappa shape index (κ1) is 16.3. The van der Waals surface area contributed by atoms with E-state index in [1.54, 1.807) is 31.3 Å². The maximum absolute atomic E-state index is 12.4. The largest absolute Gasteiger partial charge is 0.495 e. The van der Waals surface area contributed by atoms with E-state index in [0.717, 1.165) is 0 Å². The molecule has 0 radical (unpaired) electrons. The van der Waals surface area contributed by atoms with Gasteiger partial charge in [0.25, 0.3) is 0 Å². The summed E-state index contributed by atoms with van der Waals surface area (Å²) in [6, 6.07) is 7.19. The molecule has 1 fully saturated rings. The van der Waals surface area contributed by atoms with E-state index < -0.39 is 0 Å². The number of ether oxygens (including phenoxy) is 2. The minimum absolute atomic E-state index is 0.00951. The van der Waals surface area contributed by atoms with Crippen molar-refractivity contribution >= 4 is 17.5 Å². The Bertz CT molecular complexity index is 547. The maximum atomic E-state index is 12.4. The molecule has 1 aromatic rings. The summed E-state index contributed by atoms with van der Waals surface area (Å²) >= 11 is 0. The lowest BCUT2D eigenvalue weighted by Crippen LogP contribution is -2.38. The Morgan fingerprint density at radius 3 is 2.82 bits per heavy atom. The Morgan fingerprint density at radius 1 is 1.41 bits per heavy atom. The zero-order chi connectivity index (χ0) is 16.1. The van der Waals surface area contributed by atoms with Crippen molar-refractivity contribution in [3.8, 4) is 5.75 Å². The average molecular weight is 306 g/mol. The molecule has 1 N–H and O–H groups in total. The number of likely N-dealkylation sites (tertiary alicyclic amines) is 1. The summed E-state index contributed by atoms with van der Waals surface area (Å²) in [6.45, 7) is 2.80. The van der Waals surface area contributed by atoms with Crippen molar-refractivity contribution in [3.63, 3.8) is 0 Å². The number of methoxy groups -OCH3 is 2. The van der Waals surface area contributed by atoms with Crippen molar-refractivity contribution in [2.75, 3.05) is 32.7 Å². The lowest BCUT2D eigenvalue weighted by Gasteiger charge is -2.24. The molecule has 6 nitrogen and oxygen atoms in total. The standard InChI is InChI=1S/C16H22N2O4/c1-11(10-21-2)18-9-12(8-15(18)19)16(20)17-13-6-4-5-7-14(13)22-3/h4-7,11-12H,8-10H2,1-3H3,(H,17,20)/t11-,12-/m1/s1. The molecule has 0 unspecified atom stereocenters. The molecule has 1 saturated heterocycles. The van der Waals surface area contributed by atoms with Crippen LogP contribution in [0.25, 0.3) is 0 Å². The molecule has 6 heteroatoms. The zero-order valence-corrected chi connectivity index (χ0v) is 13.2. The predicted octanol–water partition coefficient (Wildman–Crippen LogP) is 1.52. The molecule has 0 saturated carbocycles. The van der Waals surface area contributed by atoms with E-state index in [4.69, 9.17) is 9.47 Å². The van der Waals surface area contributed by atoms with Crippen LogP contribution in [0.3, 0.4) is 0 Å². The Hall–Kier alpha value is -2.08. The molecule has 22 heavy (non-hydrogen) atoms. The molecular weight excluding hydrogens is 284 g/mol. The Labute approximate surface area is 130 Å². The van der Waals surface area contributed by atoms with E-state index in [1.165, 1.54) is 0 Å². The third-order valence-electron chi connectivity index (χ3n) is 3.83. The van der Waals surface area contributed by atoms with Gasteiger partial charge in [0.1, 0.15) is 5.75 Å². The number of benzene rings is 1. The molecule has 120 valence electrons. The van der Waals surface area contributed by atoms with E-state index >= 15 is 0 Å². The smallest absolute Gasteiger partial charge is 0.229 e. The van der Waals surface area contributed by atoms with Crippen LogP contribution >= 0.6 is 0 Å². The Balaban J connectivity index is 2.01. The van der Waals surface area contributed by atoms with Crippen LogP contribution in [-0.2, 0) is 14.3 Å². The van der Waals surface area contributed by atoms with Gasteiger partial charge in [-0.1, -0.05) is 12.1 Å². The van der Waals surface area contributed by atoms with E-state index in [-0.39, 0.29) is 30.2 Å². The highest BCUT2D eigenvalue weighted by atomic mass is 16.5. The van der Waals surface area contributed by atoms with Crippen molar-refractivity contribution in [1.82, 2.24) is 4.90 Å². The number of amides is 2. The topological polar surface area (TPSA) is 67.9 Å². The van der Waals surface area contributed by atoms with Gasteiger partial charge in [0.05, 0.1) is 31.4 Å². The average Bonchev–Trinajstić information content (AvgIpc) is 2.90. The van der Waals surface area contributed by atoms with Crippen LogP contribution in [0.5, 0.6) is 5.75 Å². The number of anilines is 1. The third-order valence-corrected chi connectivity index (χ3v) is 3.83. The van der Waals surface area contributed by atoms with Crippen LogP contribution in [-0.4, -0.2) is 50.1 Å². The van der Waals surface area contributed by atoms with Crippen molar-refractivity contribution in [2.45, 2.75) is 19.4 Å².